The number of halogens is 1. The second-order valence-electron chi connectivity index (χ2n) is 2.58. The summed E-state index contributed by atoms with van der Waals surface area (Å²) in [4.78, 5) is 2.43. The van der Waals surface area contributed by atoms with Gasteiger partial charge in [-0.1, -0.05) is 0 Å². The molecule has 0 aliphatic carbocycles. The predicted molar refractivity (Wildman–Crippen MR) is 73.6 cm³/mol. The molecule has 2 rings (SSSR count). The van der Waals surface area contributed by atoms with Crippen molar-refractivity contribution in [1.82, 2.24) is 0 Å². The Morgan fingerprint density at radius 3 is 3.00 bits per heavy atom. The van der Waals surface area contributed by atoms with Gasteiger partial charge in [0.2, 0.25) is 0 Å². The fraction of sp³-hybridized carbons (Fsp3) is 0.111. The minimum Gasteiger partial charge on any atom is -0.144 e. The average Bonchev–Trinajstić information content (AvgIpc) is 2.54. The number of hydrogen-bond donors (Lipinski definition) is 1. The summed E-state index contributed by atoms with van der Waals surface area (Å²) in [6.07, 6.45) is 2.11. The fourth-order valence-electron chi connectivity index (χ4n) is 1.24. The Kier molecular flexibility index (Phi) is 3.12. The van der Waals surface area contributed by atoms with E-state index in [0.29, 0.717) is 0 Å². The molecule has 0 atom stereocenters. The van der Waals surface area contributed by atoms with Crippen LogP contribution < -0.4 is 0 Å². The number of thiophene rings is 1. The molecule has 0 saturated carbocycles. The van der Waals surface area contributed by atoms with Crippen molar-refractivity contribution in [3.05, 3.63) is 21.1 Å². The van der Waals surface area contributed by atoms with Crippen molar-refractivity contribution < 1.29 is 0 Å². The Bertz CT molecular complexity index is 447. The van der Waals surface area contributed by atoms with Crippen LogP contribution in [0.15, 0.2) is 27.3 Å². The standard InChI is InChI=1S/C9H7IS3/c1-12-9-5-2-3-13-7(5)4-6(11)8(9)10/h2-4,11H,1H3. The van der Waals surface area contributed by atoms with Crippen molar-refractivity contribution in [2.45, 2.75) is 9.79 Å². The summed E-state index contributed by atoms with van der Waals surface area (Å²) in [6, 6.07) is 4.33. The zero-order valence-electron chi connectivity index (χ0n) is 6.87. The third-order valence-electron chi connectivity index (χ3n) is 1.84. The molecule has 0 amide bonds. The number of hydrogen-bond acceptors (Lipinski definition) is 3. The molecule has 0 radical (unpaired) electrons. The van der Waals surface area contributed by atoms with Crippen LogP contribution in [-0.4, -0.2) is 6.26 Å². The Labute approximate surface area is 105 Å². The van der Waals surface area contributed by atoms with Gasteiger partial charge in [-0.2, -0.15) is 0 Å². The van der Waals surface area contributed by atoms with Crippen LogP contribution in [0.4, 0.5) is 0 Å². The molecule has 4 heteroatoms. The van der Waals surface area contributed by atoms with Crippen molar-refractivity contribution in [2.75, 3.05) is 6.26 Å². The van der Waals surface area contributed by atoms with E-state index >= 15 is 0 Å². The molecule has 0 saturated heterocycles. The van der Waals surface area contributed by atoms with E-state index in [4.69, 9.17) is 0 Å². The molecule has 1 heterocycles. The minimum atomic E-state index is 1.08. The van der Waals surface area contributed by atoms with Gasteiger partial charge in [-0.15, -0.1) is 35.7 Å². The molecule has 0 unspecified atom stereocenters. The fourth-order valence-corrected chi connectivity index (χ4v) is 4.34. The summed E-state index contributed by atoms with van der Waals surface area (Å²) in [5.41, 5.74) is 0. The number of rotatable bonds is 1. The van der Waals surface area contributed by atoms with Crippen LogP contribution in [-0.2, 0) is 0 Å². The second-order valence-corrected chi connectivity index (χ2v) is 5.90. The van der Waals surface area contributed by atoms with Gasteiger partial charge in [0.25, 0.3) is 0 Å². The molecule has 0 N–H and O–H groups in total. The largest absolute Gasteiger partial charge is 0.144 e. The van der Waals surface area contributed by atoms with Gasteiger partial charge in [0.05, 0.1) is 0 Å². The molecule has 0 aliphatic heterocycles. The summed E-state index contributed by atoms with van der Waals surface area (Å²) in [7, 11) is 0. The lowest BCUT2D eigenvalue weighted by Gasteiger charge is -2.05. The van der Waals surface area contributed by atoms with Gasteiger partial charge in [0, 0.05) is 23.4 Å². The van der Waals surface area contributed by atoms with Gasteiger partial charge in [0.1, 0.15) is 0 Å². The maximum absolute atomic E-state index is 4.46. The molecular weight excluding hydrogens is 331 g/mol. The van der Waals surface area contributed by atoms with E-state index in [9.17, 15) is 0 Å². The van der Waals surface area contributed by atoms with Crippen molar-refractivity contribution in [1.29, 1.82) is 0 Å². The molecule has 0 spiro atoms. The van der Waals surface area contributed by atoms with Crippen LogP contribution in [0, 0.1) is 3.57 Å². The Morgan fingerprint density at radius 2 is 2.31 bits per heavy atom. The topological polar surface area (TPSA) is 0 Å². The Balaban J connectivity index is 2.87. The highest BCUT2D eigenvalue weighted by atomic mass is 127. The van der Waals surface area contributed by atoms with Crippen LogP contribution in [0.1, 0.15) is 0 Å². The molecule has 0 fully saturated rings. The lowest BCUT2D eigenvalue weighted by atomic mass is 10.3. The Morgan fingerprint density at radius 1 is 1.54 bits per heavy atom. The van der Waals surface area contributed by atoms with Crippen molar-refractivity contribution >= 4 is 68.4 Å². The molecule has 68 valence electrons. The maximum atomic E-state index is 4.46. The quantitative estimate of drug-likeness (QED) is 0.453. The highest BCUT2D eigenvalue weighted by Gasteiger charge is 2.08. The van der Waals surface area contributed by atoms with E-state index in [2.05, 4.69) is 59.0 Å². The number of thiol groups is 1. The summed E-state index contributed by atoms with van der Waals surface area (Å²) < 4.78 is 2.59. The predicted octanol–water partition coefficient (Wildman–Crippen LogP) is 4.52. The molecule has 0 nitrogen and oxygen atoms in total. The first-order chi connectivity index (χ1) is 6.24. The summed E-state index contributed by atoms with van der Waals surface area (Å²) in [5, 5.41) is 3.49. The highest BCUT2D eigenvalue weighted by molar-refractivity contribution is 14.1. The first-order valence-electron chi connectivity index (χ1n) is 3.66. The lowest BCUT2D eigenvalue weighted by Crippen LogP contribution is -1.81. The van der Waals surface area contributed by atoms with E-state index in [-0.39, 0.29) is 0 Å². The van der Waals surface area contributed by atoms with E-state index in [0.717, 1.165) is 4.90 Å². The van der Waals surface area contributed by atoms with Gasteiger partial charge in [0.15, 0.2) is 0 Å². The van der Waals surface area contributed by atoms with Crippen molar-refractivity contribution in [2.24, 2.45) is 0 Å². The molecule has 0 aliphatic rings. The molecule has 2 aromatic rings. The van der Waals surface area contributed by atoms with Crippen molar-refractivity contribution in [3.63, 3.8) is 0 Å². The number of fused-ring (bicyclic) bond motifs is 1. The minimum absolute atomic E-state index is 1.08. The monoisotopic (exact) mass is 338 g/mol. The van der Waals surface area contributed by atoms with Crippen LogP contribution in [0.25, 0.3) is 10.1 Å². The number of benzene rings is 1. The maximum Gasteiger partial charge on any atom is 0.0406 e. The summed E-state index contributed by atoms with van der Waals surface area (Å²) >= 11 is 10.4. The first-order valence-corrected chi connectivity index (χ1v) is 7.29. The molecule has 13 heavy (non-hydrogen) atoms. The van der Waals surface area contributed by atoms with Crippen LogP contribution in [0.3, 0.4) is 0 Å². The van der Waals surface area contributed by atoms with Crippen molar-refractivity contribution in [3.8, 4) is 0 Å². The zero-order valence-corrected chi connectivity index (χ0v) is 11.6. The van der Waals surface area contributed by atoms with Gasteiger partial charge in [-0.05, 0) is 46.4 Å². The summed E-state index contributed by atoms with van der Waals surface area (Å²) in [6.45, 7) is 0. The van der Waals surface area contributed by atoms with E-state index in [1.165, 1.54) is 18.6 Å². The normalized spacial score (nSPS) is 11.0. The molecule has 0 bridgehead atoms. The van der Waals surface area contributed by atoms with E-state index in [1.54, 1.807) is 23.1 Å². The molecular formula is C9H7IS3. The summed E-state index contributed by atoms with van der Waals surface area (Å²) in [5.74, 6) is 0. The molecule has 1 aromatic carbocycles. The van der Waals surface area contributed by atoms with Crippen LogP contribution in [0.5, 0.6) is 0 Å². The third-order valence-corrected chi connectivity index (χ3v) is 5.80. The Hall–Kier alpha value is 0.610. The lowest BCUT2D eigenvalue weighted by molar-refractivity contribution is 1.34. The van der Waals surface area contributed by atoms with Gasteiger partial charge in [-0.25, -0.2) is 0 Å². The first kappa shape index (κ1) is 10.1. The third kappa shape index (κ3) is 1.73. The number of thioether (sulfide) groups is 1. The van der Waals surface area contributed by atoms with Gasteiger partial charge >= 0.3 is 0 Å². The van der Waals surface area contributed by atoms with E-state index < -0.39 is 0 Å². The highest BCUT2D eigenvalue weighted by Crippen LogP contribution is 2.37. The average molecular weight is 338 g/mol. The second kappa shape index (κ2) is 4.00. The smallest absolute Gasteiger partial charge is 0.0406 e. The van der Waals surface area contributed by atoms with Gasteiger partial charge in [-0.3, -0.25) is 0 Å². The SMILES string of the molecule is CSc1c(I)c(S)cc2sccc12. The molecule has 1 aromatic heterocycles. The van der Waals surface area contributed by atoms with Crippen LogP contribution >= 0.6 is 58.3 Å². The van der Waals surface area contributed by atoms with E-state index in [1.807, 2.05) is 0 Å². The van der Waals surface area contributed by atoms with Crippen LogP contribution in [0.2, 0.25) is 0 Å². The zero-order chi connectivity index (χ0) is 9.42. The van der Waals surface area contributed by atoms with Gasteiger partial charge < -0.3 is 0 Å².